The molecule has 8 nitrogen and oxygen atoms in total. The van der Waals surface area contributed by atoms with Crippen LogP contribution in [0, 0.1) is 11.8 Å². The lowest BCUT2D eigenvalue weighted by Crippen LogP contribution is -2.38. The zero-order valence-electron chi connectivity index (χ0n) is 14.9. The molecule has 1 aromatic rings. The maximum Gasteiger partial charge on any atom is 0.246 e. The van der Waals surface area contributed by atoms with E-state index in [0.29, 0.717) is 18.0 Å². The van der Waals surface area contributed by atoms with Gasteiger partial charge in [-0.25, -0.2) is 4.98 Å². The molecule has 1 N–H and O–H groups in total. The van der Waals surface area contributed by atoms with Crippen molar-refractivity contribution in [3.8, 4) is 0 Å². The molecule has 3 aliphatic rings. The van der Waals surface area contributed by atoms with Crippen LogP contribution in [0.5, 0.6) is 0 Å². The summed E-state index contributed by atoms with van der Waals surface area (Å²) in [5.74, 6) is -1.49. The molecular weight excluding hydrogens is 368 g/mol. The maximum atomic E-state index is 12.4. The molecule has 0 saturated carbocycles. The Morgan fingerprint density at radius 3 is 2.52 bits per heavy atom. The summed E-state index contributed by atoms with van der Waals surface area (Å²) in [5, 5.41) is 5.11. The highest BCUT2D eigenvalue weighted by molar-refractivity contribution is 7.13. The average Bonchev–Trinajstić information content (AvgIpc) is 3.21. The lowest BCUT2D eigenvalue weighted by molar-refractivity contribution is -0.142. The largest absolute Gasteiger partial charge is 0.379 e. The number of nitrogens with zero attached hydrogens (tertiary/aromatic N) is 3. The Morgan fingerprint density at radius 2 is 1.85 bits per heavy atom. The van der Waals surface area contributed by atoms with Crippen molar-refractivity contribution < 1.29 is 19.1 Å². The van der Waals surface area contributed by atoms with Crippen LogP contribution in [0.1, 0.15) is 18.5 Å². The Kier molecular flexibility index (Phi) is 5.33. The van der Waals surface area contributed by atoms with Crippen molar-refractivity contribution >= 4 is 34.2 Å². The van der Waals surface area contributed by atoms with Gasteiger partial charge in [-0.3, -0.25) is 24.2 Å². The van der Waals surface area contributed by atoms with Crippen LogP contribution in [-0.2, 0) is 25.7 Å². The number of thiazole rings is 1. The normalized spacial score (nSPS) is 25.7. The quantitative estimate of drug-likeness (QED) is 0.592. The third-order valence-corrected chi connectivity index (χ3v) is 5.99. The van der Waals surface area contributed by atoms with Gasteiger partial charge in [0.2, 0.25) is 17.7 Å². The summed E-state index contributed by atoms with van der Waals surface area (Å²) in [4.78, 5) is 45.0. The molecule has 0 spiro atoms. The zero-order valence-corrected chi connectivity index (χ0v) is 15.7. The van der Waals surface area contributed by atoms with Gasteiger partial charge in [0.15, 0.2) is 5.13 Å². The number of fused-ring (bicyclic) bond motifs is 1. The number of carbonyl (C=O) groups is 3. The van der Waals surface area contributed by atoms with E-state index in [0.717, 1.165) is 43.4 Å². The predicted octanol–water partition coefficient (Wildman–Crippen LogP) is 0.865. The van der Waals surface area contributed by atoms with Crippen LogP contribution >= 0.6 is 11.3 Å². The standard InChI is InChI=1S/C18H22N4O4S/c23-15(10-22-16(24)13-3-1-2-4-14(13)17(22)25)20-18-19-12(11-27-18)9-21-5-7-26-8-6-21/h1-2,11,13-14H,3-10H2,(H,19,20,23)/t13-,14+. The lowest BCUT2D eigenvalue weighted by Gasteiger charge is -2.25. The van der Waals surface area contributed by atoms with Crippen molar-refractivity contribution in [3.05, 3.63) is 23.2 Å². The summed E-state index contributed by atoms with van der Waals surface area (Å²) in [6.07, 6.45) is 5.01. The molecule has 2 aliphatic heterocycles. The number of aromatic nitrogens is 1. The summed E-state index contributed by atoms with van der Waals surface area (Å²) in [6, 6.07) is 0. The number of imide groups is 1. The third-order valence-electron chi connectivity index (χ3n) is 5.19. The number of likely N-dealkylation sites (tertiary alicyclic amines) is 1. The smallest absolute Gasteiger partial charge is 0.246 e. The molecule has 0 aromatic carbocycles. The summed E-state index contributed by atoms with van der Waals surface area (Å²) >= 11 is 1.35. The molecule has 144 valence electrons. The number of hydrogen-bond donors (Lipinski definition) is 1. The van der Waals surface area contributed by atoms with E-state index >= 15 is 0 Å². The Morgan fingerprint density at radius 1 is 1.19 bits per heavy atom. The lowest BCUT2D eigenvalue weighted by atomic mass is 9.85. The number of hydrogen-bond acceptors (Lipinski definition) is 7. The molecule has 2 saturated heterocycles. The average molecular weight is 390 g/mol. The minimum absolute atomic E-state index is 0.239. The van der Waals surface area contributed by atoms with Crippen LogP contribution in [-0.4, -0.2) is 65.4 Å². The van der Waals surface area contributed by atoms with Crippen molar-refractivity contribution in [1.82, 2.24) is 14.8 Å². The Balaban J connectivity index is 1.32. The van der Waals surface area contributed by atoms with Crippen molar-refractivity contribution in [2.75, 3.05) is 38.2 Å². The molecule has 1 aromatic heterocycles. The molecule has 4 rings (SSSR count). The summed E-state index contributed by atoms with van der Waals surface area (Å²) in [5.41, 5.74) is 0.891. The van der Waals surface area contributed by atoms with Gasteiger partial charge in [0, 0.05) is 25.0 Å². The van der Waals surface area contributed by atoms with Gasteiger partial charge in [0.25, 0.3) is 0 Å². The fourth-order valence-electron chi connectivity index (χ4n) is 3.75. The monoisotopic (exact) mass is 390 g/mol. The number of carbonyl (C=O) groups excluding carboxylic acids is 3. The zero-order chi connectivity index (χ0) is 18.8. The van der Waals surface area contributed by atoms with Crippen LogP contribution < -0.4 is 5.32 Å². The number of ether oxygens (including phenoxy) is 1. The molecule has 3 amide bonds. The van der Waals surface area contributed by atoms with Gasteiger partial charge in [-0.2, -0.15) is 0 Å². The number of anilines is 1. The first-order valence-corrected chi connectivity index (χ1v) is 10.0. The Labute approximate surface area is 161 Å². The number of nitrogens with one attached hydrogen (secondary N) is 1. The van der Waals surface area contributed by atoms with E-state index in [-0.39, 0.29) is 30.2 Å². The number of rotatable bonds is 5. The second-order valence-electron chi connectivity index (χ2n) is 7.00. The van der Waals surface area contributed by atoms with Gasteiger partial charge >= 0.3 is 0 Å². The number of morpholine rings is 1. The van der Waals surface area contributed by atoms with Crippen LogP contribution in [0.2, 0.25) is 0 Å². The third kappa shape index (κ3) is 3.95. The van der Waals surface area contributed by atoms with E-state index < -0.39 is 5.91 Å². The molecule has 2 atom stereocenters. The number of allylic oxidation sites excluding steroid dienone is 2. The highest BCUT2D eigenvalue weighted by Gasteiger charge is 2.47. The molecule has 1 aliphatic carbocycles. The van der Waals surface area contributed by atoms with Gasteiger partial charge in [-0.1, -0.05) is 12.2 Å². The minimum atomic E-state index is -0.393. The minimum Gasteiger partial charge on any atom is -0.379 e. The molecular formula is C18H22N4O4S. The van der Waals surface area contributed by atoms with E-state index in [1.54, 1.807) is 0 Å². The molecule has 0 unspecified atom stereocenters. The summed E-state index contributed by atoms with van der Waals surface area (Å²) in [6.45, 7) is 3.66. The predicted molar refractivity (Wildman–Crippen MR) is 98.9 cm³/mol. The fraction of sp³-hybridized carbons (Fsp3) is 0.556. The van der Waals surface area contributed by atoms with Crippen LogP contribution in [0.3, 0.4) is 0 Å². The van der Waals surface area contributed by atoms with Gasteiger partial charge in [-0.05, 0) is 12.8 Å². The van der Waals surface area contributed by atoms with Crippen molar-refractivity contribution in [3.63, 3.8) is 0 Å². The second-order valence-corrected chi connectivity index (χ2v) is 7.86. The molecule has 0 bridgehead atoms. The summed E-state index contributed by atoms with van der Waals surface area (Å²) in [7, 11) is 0. The van der Waals surface area contributed by atoms with Gasteiger partial charge in [-0.15, -0.1) is 11.3 Å². The number of amides is 3. The van der Waals surface area contributed by atoms with Gasteiger partial charge < -0.3 is 10.1 Å². The highest BCUT2D eigenvalue weighted by atomic mass is 32.1. The Bertz CT molecular complexity index is 745. The Hall–Kier alpha value is -2.10. The van der Waals surface area contributed by atoms with Crippen molar-refractivity contribution in [2.24, 2.45) is 11.8 Å². The highest BCUT2D eigenvalue weighted by Crippen LogP contribution is 2.34. The first-order chi connectivity index (χ1) is 13.1. The van der Waals surface area contributed by atoms with Crippen LogP contribution in [0.25, 0.3) is 0 Å². The topological polar surface area (TPSA) is 91.8 Å². The van der Waals surface area contributed by atoms with Gasteiger partial charge in [0.1, 0.15) is 6.54 Å². The fourth-order valence-corrected chi connectivity index (χ4v) is 4.47. The van der Waals surface area contributed by atoms with Crippen molar-refractivity contribution in [1.29, 1.82) is 0 Å². The SMILES string of the molecule is O=C(CN1C(=O)[C@H]2CC=CC[C@H]2C1=O)Nc1nc(CN2CCOCC2)cs1. The van der Waals surface area contributed by atoms with Crippen LogP contribution in [0.4, 0.5) is 5.13 Å². The maximum absolute atomic E-state index is 12.4. The van der Waals surface area contributed by atoms with E-state index in [2.05, 4.69) is 15.2 Å². The van der Waals surface area contributed by atoms with E-state index in [1.807, 2.05) is 17.5 Å². The first-order valence-electron chi connectivity index (χ1n) is 9.16. The summed E-state index contributed by atoms with van der Waals surface area (Å²) < 4.78 is 5.33. The second kappa shape index (κ2) is 7.87. The molecule has 2 fully saturated rings. The van der Waals surface area contributed by atoms with Crippen molar-refractivity contribution in [2.45, 2.75) is 19.4 Å². The molecule has 27 heavy (non-hydrogen) atoms. The molecule has 0 radical (unpaired) electrons. The van der Waals surface area contributed by atoms with E-state index in [4.69, 9.17) is 4.74 Å². The molecule has 3 heterocycles. The van der Waals surface area contributed by atoms with E-state index in [1.165, 1.54) is 11.3 Å². The van der Waals surface area contributed by atoms with Gasteiger partial charge in [0.05, 0.1) is 30.7 Å². The molecule has 9 heteroatoms. The first kappa shape index (κ1) is 18.3. The van der Waals surface area contributed by atoms with E-state index in [9.17, 15) is 14.4 Å². The van der Waals surface area contributed by atoms with Crippen LogP contribution in [0.15, 0.2) is 17.5 Å².